The van der Waals surface area contributed by atoms with Crippen molar-refractivity contribution < 1.29 is 9.50 Å². The van der Waals surface area contributed by atoms with Crippen molar-refractivity contribution >= 4 is 0 Å². The van der Waals surface area contributed by atoms with Crippen LogP contribution in [0.2, 0.25) is 0 Å². The molecular weight excluding hydrogens is 183 g/mol. The largest absolute Gasteiger partial charge is 0.392 e. The minimum Gasteiger partial charge on any atom is -0.392 e. The maximum Gasteiger partial charge on any atom is 0.141 e. The number of hydrogen-bond acceptors (Lipinski definition) is 3. The van der Waals surface area contributed by atoms with E-state index in [1.807, 2.05) is 0 Å². The first-order valence-electron chi connectivity index (χ1n) is 4.76. The molecular formula is C10H13FN2O. The summed E-state index contributed by atoms with van der Waals surface area (Å²) in [4.78, 5) is 3.75. The van der Waals surface area contributed by atoms with Gasteiger partial charge < -0.3 is 10.4 Å². The number of nitrogens with zero attached hydrogens (tertiary/aromatic N) is 1. The standard InChI is InChI=1S/C10H13FN2O/c11-8-3-7(4-12-6-8)5-13-9-1-2-10(9)14/h3-4,6,9-10,13-14H,1-2,5H2/t9-,10-/m1/s1. The summed E-state index contributed by atoms with van der Waals surface area (Å²) in [5, 5.41) is 12.4. The highest BCUT2D eigenvalue weighted by atomic mass is 19.1. The second-order valence-electron chi connectivity index (χ2n) is 3.64. The molecule has 76 valence electrons. The fourth-order valence-corrected chi connectivity index (χ4v) is 1.52. The van der Waals surface area contributed by atoms with Gasteiger partial charge in [0.25, 0.3) is 0 Å². The Kier molecular flexibility index (Phi) is 2.74. The molecule has 3 nitrogen and oxygen atoms in total. The summed E-state index contributed by atoms with van der Waals surface area (Å²) in [5.41, 5.74) is 0.809. The van der Waals surface area contributed by atoms with Gasteiger partial charge in [-0.15, -0.1) is 0 Å². The van der Waals surface area contributed by atoms with Gasteiger partial charge in [0.1, 0.15) is 5.82 Å². The zero-order valence-corrected chi connectivity index (χ0v) is 7.78. The van der Waals surface area contributed by atoms with Crippen molar-refractivity contribution in [3.05, 3.63) is 29.8 Å². The van der Waals surface area contributed by atoms with Gasteiger partial charge in [0.15, 0.2) is 0 Å². The predicted octanol–water partition coefficient (Wildman–Crippen LogP) is 0.834. The van der Waals surface area contributed by atoms with Crippen LogP contribution >= 0.6 is 0 Å². The first-order chi connectivity index (χ1) is 6.75. The molecule has 1 aromatic heterocycles. The van der Waals surface area contributed by atoms with Gasteiger partial charge in [0.05, 0.1) is 12.3 Å². The molecule has 0 bridgehead atoms. The number of halogens is 1. The number of aliphatic hydroxyl groups excluding tert-OH is 1. The van der Waals surface area contributed by atoms with Crippen molar-refractivity contribution in [3.63, 3.8) is 0 Å². The Morgan fingerprint density at radius 2 is 2.36 bits per heavy atom. The molecule has 1 aromatic rings. The first-order valence-corrected chi connectivity index (χ1v) is 4.76. The van der Waals surface area contributed by atoms with Crippen molar-refractivity contribution in [2.24, 2.45) is 0 Å². The van der Waals surface area contributed by atoms with Crippen LogP contribution in [0.4, 0.5) is 4.39 Å². The van der Waals surface area contributed by atoms with Gasteiger partial charge in [0, 0.05) is 18.8 Å². The molecule has 1 saturated carbocycles. The molecule has 0 unspecified atom stereocenters. The van der Waals surface area contributed by atoms with E-state index < -0.39 is 0 Å². The molecule has 0 spiro atoms. The van der Waals surface area contributed by atoms with Crippen LogP contribution in [-0.4, -0.2) is 22.2 Å². The fourth-order valence-electron chi connectivity index (χ4n) is 1.52. The van der Waals surface area contributed by atoms with E-state index in [0.717, 1.165) is 18.4 Å². The number of aromatic nitrogens is 1. The van der Waals surface area contributed by atoms with E-state index in [2.05, 4.69) is 10.3 Å². The zero-order chi connectivity index (χ0) is 9.97. The molecule has 1 heterocycles. The molecule has 2 N–H and O–H groups in total. The second-order valence-corrected chi connectivity index (χ2v) is 3.64. The topological polar surface area (TPSA) is 45.1 Å². The van der Waals surface area contributed by atoms with Gasteiger partial charge in [-0.1, -0.05) is 0 Å². The maximum atomic E-state index is 12.7. The van der Waals surface area contributed by atoms with Crippen LogP contribution in [0.1, 0.15) is 18.4 Å². The summed E-state index contributed by atoms with van der Waals surface area (Å²) in [6, 6.07) is 1.61. The number of nitrogens with one attached hydrogen (secondary N) is 1. The summed E-state index contributed by atoms with van der Waals surface area (Å²) in [5.74, 6) is -0.321. The van der Waals surface area contributed by atoms with Crippen LogP contribution < -0.4 is 5.32 Å². The predicted molar refractivity (Wildman–Crippen MR) is 50.1 cm³/mol. The molecule has 2 rings (SSSR count). The van der Waals surface area contributed by atoms with E-state index in [4.69, 9.17) is 0 Å². The maximum absolute atomic E-state index is 12.7. The Morgan fingerprint density at radius 3 is 2.93 bits per heavy atom. The van der Waals surface area contributed by atoms with Crippen LogP contribution in [-0.2, 0) is 6.54 Å². The minimum absolute atomic E-state index is 0.165. The Morgan fingerprint density at radius 1 is 1.50 bits per heavy atom. The highest BCUT2D eigenvalue weighted by molar-refractivity contribution is 5.10. The number of hydrogen-bond donors (Lipinski definition) is 2. The average molecular weight is 196 g/mol. The lowest BCUT2D eigenvalue weighted by Gasteiger charge is -2.33. The monoisotopic (exact) mass is 196 g/mol. The van der Waals surface area contributed by atoms with E-state index in [1.54, 1.807) is 6.20 Å². The summed E-state index contributed by atoms with van der Waals surface area (Å²) >= 11 is 0. The summed E-state index contributed by atoms with van der Waals surface area (Å²) in [6.45, 7) is 0.562. The van der Waals surface area contributed by atoms with Crippen LogP contribution in [0.3, 0.4) is 0 Å². The van der Waals surface area contributed by atoms with Gasteiger partial charge in [-0.2, -0.15) is 0 Å². The third kappa shape index (κ3) is 2.08. The Labute approximate surface area is 82.0 Å². The molecule has 0 aliphatic heterocycles. The normalized spacial score (nSPS) is 25.9. The van der Waals surface area contributed by atoms with E-state index >= 15 is 0 Å². The van der Waals surface area contributed by atoms with Crippen molar-refractivity contribution in [3.8, 4) is 0 Å². The van der Waals surface area contributed by atoms with Gasteiger partial charge in [-0.3, -0.25) is 4.98 Å². The van der Waals surface area contributed by atoms with Gasteiger partial charge in [-0.05, 0) is 24.5 Å². The van der Waals surface area contributed by atoms with E-state index in [0.29, 0.717) is 6.54 Å². The summed E-state index contributed by atoms with van der Waals surface area (Å²) in [6.07, 6.45) is 4.42. The SMILES string of the molecule is O[C@@H]1CC[C@H]1NCc1cncc(F)c1. The summed E-state index contributed by atoms with van der Waals surface area (Å²) < 4.78 is 12.7. The molecule has 14 heavy (non-hydrogen) atoms. The molecule has 1 aliphatic rings. The summed E-state index contributed by atoms with van der Waals surface area (Å²) in [7, 11) is 0. The van der Waals surface area contributed by atoms with Crippen molar-refractivity contribution in [1.82, 2.24) is 10.3 Å². The van der Waals surface area contributed by atoms with E-state index in [9.17, 15) is 9.50 Å². The van der Waals surface area contributed by atoms with Gasteiger partial charge in [-0.25, -0.2) is 4.39 Å². The fraction of sp³-hybridized carbons (Fsp3) is 0.500. The van der Waals surface area contributed by atoms with Gasteiger partial charge >= 0.3 is 0 Å². The minimum atomic E-state index is -0.321. The third-order valence-corrected chi connectivity index (χ3v) is 2.57. The average Bonchev–Trinajstić information content (AvgIpc) is 2.16. The van der Waals surface area contributed by atoms with Crippen LogP contribution in [0.5, 0.6) is 0 Å². The van der Waals surface area contributed by atoms with Crippen molar-refractivity contribution in [1.29, 1.82) is 0 Å². The second kappa shape index (κ2) is 4.02. The quantitative estimate of drug-likeness (QED) is 0.752. The van der Waals surface area contributed by atoms with E-state index in [-0.39, 0.29) is 18.0 Å². The number of rotatable bonds is 3. The lowest BCUT2D eigenvalue weighted by molar-refractivity contribution is 0.0492. The van der Waals surface area contributed by atoms with Gasteiger partial charge in [0.2, 0.25) is 0 Å². The molecule has 4 heteroatoms. The van der Waals surface area contributed by atoms with Crippen LogP contribution in [0.15, 0.2) is 18.5 Å². The molecule has 0 amide bonds. The van der Waals surface area contributed by atoms with Crippen LogP contribution in [0, 0.1) is 5.82 Å². The zero-order valence-electron chi connectivity index (χ0n) is 7.78. The molecule has 0 radical (unpaired) electrons. The Bertz CT molecular complexity index is 319. The Balaban J connectivity index is 1.85. The first kappa shape index (κ1) is 9.55. The van der Waals surface area contributed by atoms with Crippen molar-refractivity contribution in [2.45, 2.75) is 31.5 Å². The smallest absolute Gasteiger partial charge is 0.141 e. The highest BCUT2D eigenvalue weighted by Crippen LogP contribution is 2.19. The third-order valence-electron chi connectivity index (χ3n) is 2.57. The molecule has 0 aromatic carbocycles. The molecule has 1 fully saturated rings. The number of aliphatic hydroxyl groups is 1. The molecule has 0 saturated heterocycles. The lowest BCUT2D eigenvalue weighted by atomic mass is 9.89. The van der Waals surface area contributed by atoms with Crippen LogP contribution in [0.25, 0.3) is 0 Å². The van der Waals surface area contributed by atoms with E-state index in [1.165, 1.54) is 12.3 Å². The lowest BCUT2D eigenvalue weighted by Crippen LogP contribution is -2.47. The van der Waals surface area contributed by atoms with Crippen molar-refractivity contribution in [2.75, 3.05) is 0 Å². The Hall–Kier alpha value is -1.00. The molecule has 2 atom stereocenters. The highest BCUT2D eigenvalue weighted by Gasteiger charge is 2.27. The molecule has 1 aliphatic carbocycles. The number of pyridine rings is 1.